The summed E-state index contributed by atoms with van der Waals surface area (Å²) in [6, 6.07) is 20.4. The third kappa shape index (κ3) is 4.69. The molecule has 0 saturated heterocycles. The van der Waals surface area contributed by atoms with E-state index in [0.29, 0.717) is 12.5 Å². The summed E-state index contributed by atoms with van der Waals surface area (Å²) in [6.07, 6.45) is 1.06. The van der Waals surface area contributed by atoms with Crippen LogP contribution in [0.1, 0.15) is 37.3 Å². The Bertz CT molecular complexity index is 522. The Morgan fingerprint density at radius 2 is 1.57 bits per heavy atom. The van der Waals surface area contributed by atoms with Crippen LogP contribution in [0.25, 0.3) is 0 Å². The van der Waals surface area contributed by atoms with Crippen LogP contribution in [-0.4, -0.2) is 18.2 Å². The molecule has 0 fully saturated rings. The average Bonchev–Trinajstić information content (AvgIpc) is 2.53. The van der Waals surface area contributed by atoms with Gasteiger partial charge in [0.1, 0.15) is 0 Å². The summed E-state index contributed by atoms with van der Waals surface area (Å²) in [7, 11) is 0. The van der Waals surface area contributed by atoms with Gasteiger partial charge in [0.05, 0.1) is 5.60 Å². The maximum absolute atomic E-state index is 10.5. The third-order valence-electron chi connectivity index (χ3n) is 3.99. The highest BCUT2D eigenvalue weighted by Crippen LogP contribution is 2.20. The van der Waals surface area contributed by atoms with Crippen molar-refractivity contribution >= 4 is 0 Å². The molecular weight excluding hydrogens is 258 g/mol. The molecule has 2 aromatic carbocycles. The Kier molecular flexibility index (Phi) is 5.54. The number of nitrogens with one attached hydrogen (secondary N) is 1. The lowest BCUT2D eigenvalue weighted by Gasteiger charge is -2.24. The lowest BCUT2D eigenvalue weighted by molar-refractivity contribution is 0.0570. The molecule has 0 radical (unpaired) electrons. The van der Waals surface area contributed by atoms with Crippen molar-refractivity contribution in [2.24, 2.45) is 0 Å². The SMILES string of the molecule is CC(CCNCC(C)(O)c1ccccc1)c1ccccc1. The summed E-state index contributed by atoms with van der Waals surface area (Å²) in [5.41, 5.74) is 1.50. The molecule has 0 aromatic heterocycles. The second-order valence-electron chi connectivity index (χ2n) is 5.92. The molecule has 21 heavy (non-hydrogen) atoms. The molecule has 0 spiro atoms. The first kappa shape index (κ1) is 15.7. The van der Waals surface area contributed by atoms with E-state index in [4.69, 9.17) is 0 Å². The van der Waals surface area contributed by atoms with Crippen molar-refractivity contribution in [2.75, 3.05) is 13.1 Å². The van der Waals surface area contributed by atoms with Crippen LogP contribution >= 0.6 is 0 Å². The van der Waals surface area contributed by atoms with Crippen molar-refractivity contribution in [2.45, 2.75) is 31.8 Å². The van der Waals surface area contributed by atoms with Crippen LogP contribution in [-0.2, 0) is 5.60 Å². The quantitative estimate of drug-likeness (QED) is 0.760. The first-order valence-electron chi connectivity index (χ1n) is 7.63. The first-order valence-corrected chi connectivity index (χ1v) is 7.63. The normalized spacial score (nSPS) is 15.4. The zero-order valence-corrected chi connectivity index (χ0v) is 12.9. The van der Waals surface area contributed by atoms with Gasteiger partial charge < -0.3 is 10.4 Å². The fraction of sp³-hybridized carbons (Fsp3) is 0.368. The van der Waals surface area contributed by atoms with Crippen molar-refractivity contribution in [3.63, 3.8) is 0 Å². The minimum atomic E-state index is -0.822. The predicted molar refractivity (Wildman–Crippen MR) is 88.4 cm³/mol. The Hall–Kier alpha value is -1.64. The van der Waals surface area contributed by atoms with Gasteiger partial charge in [0.15, 0.2) is 0 Å². The van der Waals surface area contributed by atoms with Crippen molar-refractivity contribution in [3.8, 4) is 0 Å². The zero-order chi connectivity index (χ0) is 15.1. The number of benzene rings is 2. The van der Waals surface area contributed by atoms with Gasteiger partial charge in [0.25, 0.3) is 0 Å². The molecule has 0 saturated carbocycles. The van der Waals surface area contributed by atoms with E-state index in [9.17, 15) is 5.11 Å². The number of aliphatic hydroxyl groups is 1. The summed E-state index contributed by atoms with van der Waals surface area (Å²) in [4.78, 5) is 0. The summed E-state index contributed by atoms with van der Waals surface area (Å²) < 4.78 is 0. The van der Waals surface area contributed by atoms with E-state index >= 15 is 0 Å². The highest BCUT2D eigenvalue weighted by atomic mass is 16.3. The molecule has 2 heteroatoms. The molecule has 2 aromatic rings. The first-order chi connectivity index (χ1) is 10.1. The van der Waals surface area contributed by atoms with Gasteiger partial charge in [-0.2, -0.15) is 0 Å². The van der Waals surface area contributed by atoms with Crippen LogP contribution < -0.4 is 5.32 Å². The summed E-state index contributed by atoms with van der Waals surface area (Å²) in [6.45, 7) is 5.57. The van der Waals surface area contributed by atoms with E-state index in [0.717, 1.165) is 18.5 Å². The summed E-state index contributed by atoms with van der Waals surface area (Å²) in [5, 5.41) is 13.9. The van der Waals surface area contributed by atoms with Gasteiger partial charge in [-0.3, -0.25) is 0 Å². The van der Waals surface area contributed by atoms with Gasteiger partial charge in [0, 0.05) is 6.54 Å². The van der Waals surface area contributed by atoms with Crippen molar-refractivity contribution in [1.82, 2.24) is 5.32 Å². The van der Waals surface area contributed by atoms with E-state index in [1.807, 2.05) is 43.3 Å². The molecular formula is C19H25NO. The molecule has 2 atom stereocenters. The standard InChI is InChI=1S/C19H25NO/c1-16(17-9-5-3-6-10-17)13-14-20-15-19(2,21)18-11-7-4-8-12-18/h3-12,16,20-21H,13-15H2,1-2H3. The lowest BCUT2D eigenvalue weighted by atomic mass is 9.95. The molecule has 0 aliphatic carbocycles. The molecule has 2 N–H and O–H groups in total. The van der Waals surface area contributed by atoms with E-state index in [1.54, 1.807) is 0 Å². The average molecular weight is 283 g/mol. The van der Waals surface area contributed by atoms with Crippen molar-refractivity contribution < 1.29 is 5.11 Å². The molecule has 112 valence electrons. The molecule has 2 rings (SSSR count). The maximum Gasteiger partial charge on any atom is 0.0992 e. The second kappa shape index (κ2) is 7.39. The van der Waals surface area contributed by atoms with E-state index in [2.05, 4.69) is 36.5 Å². The Morgan fingerprint density at radius 3 is 2.19 bits per heavy atom. The lowest BCUT2D eigenvalue weighted by Crippen LogP contribution is -2.36. The molecule has 0 heterocycles. The molecule has 0 aliphatic heterocycles. The highest BCUT2D eigenvalue weighted by Gasteiger charge is 2.21. The summed E-state index contributed by atoms with van der Waals surface area (Å²) in [5.74, 6) is 0.528. The number of hydrogen-bond acceptors (Lipinski definition) is 2. The topological polar surface area (TPSA) is 32.3 Å². The van der Waals surface area contributed by atoms with Crippen LogP contribution in [0.2, 0.25) is 0 Å². The van der Waals surface area contributed by atoms with Crippen LogP contribution in [0, 0.1) is 0 Å². The fourth-order valence-electron chi connectivity index (χ4n) is 2.50. The molecule has 0 amide bonds. The molecule has 0 bridgehead atoms. The van der Waals surface area contributed by atoms with Gasteiger partial charge in [0.2, 0.25) is 0 Å². The fourth-order valence-corrected chi connectivity index (χ4v) is 2.50. The Morgan fingerprint density at radius 1 is 1.00 bits per heavy atom. The second-order valence-corrected chi connectivity index (χ2v) is 5.92. The monoisotopic (exact) mass is 283 g/mol. The smallest absolute Gasteiger partial charge is 0.0992 e. The van der Waals surface area contributed by atoms with E-state index in [1.165, 1.54) is 5.56 Å². The number of hydrogen-bond donors (Lipinski definition) is 2. The Balaban J connectivity index is 1.77. The molecule has 2 unspecified atom stereocenters. The van der Waals surface area contributed by atoms with Gasteiger partial charge in [-0.25, -0.2) is 0 Å². The van der Waals surface area contributed by atoms with Crippen molar-refractivity contribution in [3.05, 3.63) is 71.8 Å². The number of rotatable bonds is 7. The van der Waals surface area contributed by atoms with Crippen LogP contribution in [0.15, 0.2) is 60.7 Å². The predicted octanol–water partition coefficient (Wildman–Crippen LogP) is 3.68. The van der Waals surface area contributed by atoms with Gasteiger partial charge in [-0.1, -0.05) is 67.6 Å². The van der Waals surface area contributed by atoms with Crippen LogP contribution in [0.4, 0.5) is 0 Å². The zero-order valence-electron chi connectivity index (χ0n) is 12.9. The van der Waals surface area contributed by atoms with Crippen molar-refractivity contribution in [1.29, 1.82) is 0 Å². The van der Waals surface area contributed by atoms with E-state index < -0.39 is 5.60 Å². The van der Waals surface area contributed by atoms with E-state index in [-0.39, 0.29) is 0 Å². The van der Waals surface area contributed by atoms with Crippen LogP contribution in [0.3, 0.4) is 0 Å². The third-order valence-corrected chi connectivity index (χ3v) is 3.99. The summed E-state index contributed by atoms with van der Waals surface area (Å²) >= 11 is 0. The Labute approximate surface area is 127 Å². The minimum Gasteiger partial charge on any atom is -0.384 e. The van der Waals surface area contributed by atoms with Gasteiger partial charge in [-0.05, 0) is 36.9 Å². The van der Waals surface area contributed by atoms with Crippen LogP contribution in [0.5, 0.6) is 0 Å². The highest BCUT2D eigenvalue weighted by molar-refractivity contribution is 5.22. The minimum absolute atomic E-state index is 0.528. The van der Waals surface area contributed by atoms with Gasteiger partial charge >= 0.3 is 0 Å². The molecule has 0 aliphatic rings. The largest absolute Gasteiger partial charge is 0.384 e. The van der Waals surface area contributed by atoms with Gasteiger partial charge in [-0.15, -0.1) is 0 Å². The maximum atomic E-state index is 10.5. The molecule has 2 nitrogen and oxygen atoms in total.